The minimum Gasteiger partial charge on any atom is -0.330 e. The Morgan fingerprint density at radius 1 is 1.58 bits per heavy atom. The van der Waals surface area contributed by atoms with Gasteiger partial charge < -0.3 is 5.73 Å². The molecule has 1 unspecified atom stereocenters. The normalized spacial score (nSPS) is 13.1. The van der Waals surface area contributed by atoms with Crippen LogP contribution in [0.1, 0.15) is 11.3 Å². The van der Waals surface area contributed by atoms with E-state index in [-0.39, 0.29) is 0 Å². The average molecular weight is 203 g/mol. The summed E-state index contributed by atoms with van der Waals surface area (Å²) in [6, 6.07) is 4.01. The van der Waals surface area contributed by atoms with Crippen LogP contribution in [-0.2, 0) is 16.6 Å². The number of nitrogens with two attached hydrogens (primary N) is 1. The van der Waals surface area contributed by atoms with Gasteiger partial charge in [-0.25, -0.2) is 0 Å². The van der Waals surface area contributed by atoms with Gasteiger partial charge in [-0.2, -0.15) is 0 Å². The molecule has 2 nitrogen and oxygen atoms in total. The number of rotatable bonds is 5. The molecule has 0 amide bonds. The third kappa shape index (κ3) is 3.47. The molecule has 2 N–H and O–H groups in total. The molecule has 12 heavy (non-hydrogen) atoms. The molecule has 68 valence electrons. The predicted molar refractivity (Wildman–Crippen MR) is 54.7 cm³/mol. The zero-order valence-electron chi connectivity index (χ0n) is 6.86. The van der Waals surface area contributed by atoms with E-state index in [4.69, 9.17) is 5.73 Å². The van der Waals surface area contributed by atoms with Crippen molar-refractivity contribution in [3.63, 3.8) is 0 Å². The summed E-state index contributed by atoms with van der Waals surface area (Å²) in [5.41, 5.74) is 5.32. The molecule has 0 fully saturated rings. The van der Waals surface area contributed by atoms with Crippen molar-refractivity contribution in [1.82, 2.24) is 0 Å². The molecule has 1 rings (SSSR count). The van der Waals surface area contributed by atoms with Crippen molar-refractivity contribution in [3.8, 4) is 0 Å². The Morgan fingerprint density at radius 2 is 2.42 bits per heavy atom. The Balaban J connectivity index is 2.27. The fraction of sp³-hybridized carbons (Fsp3) is 0.500. The molecule has 1 aromatic rings. The van der Waals surface area contributed by atoms with Crippen molar-refractivity contribution in [3.05, 3.63) is 22.4 Å². The van der Waals surface area contributed by atoms with Crippen molar-refractivity contribution in [1.29, 1.82) is 0 Å². The standard InChI is InChI=1S/C8H13NOS2/c9-4-2-6-12(10)7-8-3-1-5-11-8/h1,3,5H,2,4,6-7,9H2. The Kier molecular flexibility index (Phi) is 4.50. The predicted octanol–water partition coefficient (Wildman–Crippen LogP) is 1.35. The summed E-state index contributed by atoms with van der Waals surface area (Å²) in [4.78, 5) is 1.20. The van der Waals surface area contributed by atoms with E-state index in [0.717, 1.165) is 12.2 Å². The highest BCUT2D eigenvalue weighted by molar-refractivity contribution is 7.84. The van der Waals surface area contributed by atoms with E-state index >= 15 is 0 Å². The maximum Gasteiger partial charge on any atom is 0.0579 e. The van der Waals surface area contributed by atoms with Crippen LogP contribution in [0, 0.1) is 0 Å². The molecule has 0 bridgehead atoms. The molecule has 0 aliphatic rings. The molecule has 0 radical (unpaired) electrons. The van der Waals surface area contributed by atoms with Crippen LogP contribution in [0.3, 0.4) is 0 Å². The Hall–Kier alpha value is -0.190. The highest BCUT2D eigenvalue weighted by Crippen LogP contribution is 2.11. The van der Waals surface area contributed by atoms with Gasteiger partial charge in [-0.15, -0.1) is 11.3 Å². The summed E-state index contributed by atoms with van der Waals surface area (Å²) in [5, 5.41) is 2.01. The summed E-state index contributed by atoms with van der Waals surface area (Å²) in [6.07, 6.45) is 0.859. The summed E-state index contributed by atoms with van der Waals surface area (Å²) in [6.45, 7) is 0.635. The van der Waals surface area contributed by atoms with Crippen LogP contribution < -0.4 is 5.73 Å². The first-order chi connectivity index (χ1) is 5.83. The first-order valence-corrected chi connectivity index (χ1v) is 6.27. The minimum absolute atomic E-state index is 0.635. The summed E-state index contributed by atoms with van der Waals surface area (Å²) in [5.74, 6) is 1.42. The second-order valence-corrected chi connectivity index (χ2v) is 5.12. The van der Waals surface area contributed by atoms with Crippen LogP contribution >= 0.6 is 11.3 Å². The molecule has 0 aliphatic heterocycles. The summed E-state index contributed by atoms with van der Waals surface area (Å²) >= 11 is 1.66. The average Bonchev–Trinajstić information content (AvgIpc) is 2.53. The monoisotopic (exact) mass is 203 g/mol. The lowest BCUT2D eigenvalue weighted by Crippen LogP contribution is -2.06. The highest BCUT2D eigenvalue weighted by Gasteiger charge is 2.01. The molecule has 0 aromatic carbocycles. The van der Waals surface area contributed by atoms with Crippen molar-refractivity contribution < 1.29 is 4.21 Å². The lowest BCUT2D eigenvalue weighted by molar-refractivity contribution is 0.680. The summed E-state index contributed by atoms with van der Waals surface area (Å²) < 4.78 is 11.3. The Morgan fingerprint density at radius 3 is 3.00 bits per heavy atom. The minimum atomic E-state index is -0.719. The second kappa shape index (κ2) is 5.45. The van der Waals surface area contributed by atoms with E-state index in [1.165, 1.54) is 4.88 Å². The molecular formula is C8H13NOS2. The van der Waals surface area contributed by atoms with Gasteiger partial charge in [-0.3, -0.25) is 4.21 Å². The lowest BCUT2D eigenvalue weighted by Gasteiger charge is -1.97. The van der Waals surface area contributed by atoms with Crippen LogP contribution in [0.4, 0.5) is 0 Å². The molecule has 0 saturated heterocycles. The number of thiophene rings is 1. The van der Waals surface area contributed by atoms with Crippen molar-refractivity contribution >= 4 is 22.1 Å². The van der Waals surface area contributed by atoms with Gasteiger partial charge in [0.1, 0.15) is 0 Å². The van der Waals surface area contributed by atoms with Gasteiger partial charge >= 0.3 is 0 Å². The molecule has 1 aromatic heterocycles. The summed E-state index contributed by atoms with van der Waals surface area (Å²) in [7, 11) is -0.719. The molecule has 0 aliphatic carbocycles. The zero-order valence-corrected chi connectivity index (χ0v) is 8.50. The van der Waals surface area contributed by atoms with Crippen LogP contribution in [0.2, 0.25) is 0 Å². The molecule has 0 saturated carbocycles. The third-order valence-electron chi connectivity index (χ3n) is 1.46. The Bertz CT molecular complexity index is 233. The topological polar surface area (TPSA) is 43.1 Å². The van der Waals surface area contributed by atoms with E-state index < -0.39 is 10.8 Å². The third-order valence-corrected chi connectivity index (χ3v) is 3.90. The number of hydrogen-bond acceptors (Lipinski definition) is 3. The maximum absolute atomic E-state index is 11.3. The van der Waals surface area contributed by atoms with Crippen molar-refractivity contribution in [2.24, 2.45) is 5.73 Å². The van der Waals surface area contributed by atoms with Crippen molar-refractivity contribution in [2.45, 2.75) is 12.2 Å². The fourth-order valence-electron chi connectivity index (χ4n) is 0.870. The van der Waals surface area contributed by atoms with Gasteiger partial charge in [0, 0.05) is 21.4 Å². The van der Waals surface area contributed by atoms with E-state index in [1.807, 2.05) is 17.5 Å². The SMILES string of the molecule is NCCCS(=O)Cc1cccs1. The highest BCUT2D eigenvalue weighted by atomic mass is 32.2. The van der Waals surface area contributed by atoms with Crippen LogP contribution in [0.25, 0.3) is 0 Å². The first-order valence-electron chi connectivity index (χ1n) is 3.90. The lowest BCUT2D eigenvalue weighted by atomic mass is 10.5. The van der Waals surface area contributed by atoms with E-state index in [2.05, 4.69) is 0 Å². The van der Waals surface area contributed by atoms with E-state index in [9.17, 15) is 4.21 Å². The second-order valence-electron chi connectivity index (χ2n) is 2.51. The molecule has 4 heteroatoms. The number of hydrogen-bond donors (Lipinski definition) is 1. The maximum atomic E-state index is 11.3. The molecule has 0 spiro atoms. The quantitative estimate of drug-likeness (QED) is 0.785. The van der Waals surface area contributed by atoms with Crippen molar-refractivity contribution in [2.75, 3.05) is 12.3 Å². The van der Waals surface area contributed by atoms with Crippen LogP contribution in [0.5, 0.6) is 0 Å². The smallest absolute Gasteiger partial charge is 0.0579 e. The molecule has 1 atom stereocenters. The van der Waals surface area contributed by atoms with E-state index in [1.54, 1.807) is 11.3 Å². The van der Waals surface area contributed by atoms with Gasteiger partial charge in [0.2, 0.25) is 0 Å². The van der Waals surface area contributed by atoms with E-state index in [0.29, 0.717) is 12.3 Å². The Labute approximate surface area is 79.2 Å². The van der Waals surface area contributed by atoms with Crippen LogP contribution in [0.15, 0.2) is 17.5 Å². The zero-order chi connectivity index (χ0) is 8.81. The van der Waals surface area contributed by atoms with Gasteiger partial charge in [-0.1, -0.05) is 6.07 Å². The first kappa shape index (κ1) is 9.89. The van der Waals surface area contributed by atoms with Gasteiger partial charge in [0.05, 0.1) is 5.75 Å². The van der Waals surface area contributed by atoms with Gasteiger partial charge in [-0.05, 0) is 24.4 Å². The van der Waals surface area contributed by atoms with Crippen LogP contribution in [-0.4, -0.2) is 16.5 Å². The molecule has 1 heterocycles. The molecular weight excluding hydrogens is 190 g/mol. The van der Waals surface area contributed by atoms with Gasteiger partial charge in [0.15, 0.2) is 0 Å². The van der Waals surface area contributed by atoms with Gasteiger partial charge in [0.25, 0.3) is 0 Å². The fourth-order valence-corrected chi connectivity index (χ4v) is 3.07. The largest absolute Gasteiger partial charge is 0.330 e.